The van der Waals surface area contributed by atoms with Crippen molar-refractivity contribution in [2.45, 2.75) is 65.1 Å². The van der Waals surface area contributed by atoms with Crippen LogP contribution in [0.2, 0.25) is 0 Å². The Morgan fingerprint density at radius 2 is 1.84 bits per heavy atom. The van der Waals surface area contributed by atoms with Crippen molar-refractivity contribution in [3.63, 3.8) is 0 Å². The van der Waals surface area contributed by atoms with Crippen molar-refractivity contribution in [2.24, 2.45) is 5.92 Å². The molecule has 0 aromatic heterocycles. The Balaban J connectivity index is 3.28. The second-order valence-electron chi connectivity index (χ2n) is 5.52. The number of nitrogens with one attached hydrogen (secondary N) is 1. The van der Waals surface area contributed by atoms with Gasteiger partial charge < -0.3 is 10.2 Å². The van der Waals surface area contributed by atoms with Crippen LogP contribution in [0.15, 0.2) is 0 Å². The Bertz CT molecular complexity index is 405. The number of piperazine rings is 1. The average molecular weight is 264 g/mol. The molecular formula is C15H24N2O2. The molecule has 1 fully saturated rings. The molecule has 2 unspecified atom stereocenters. The summed E-state index contributed by atoms with van der Waals surface area (Å²) in [5.74, 6) is 2.46. The molecule has 0 bridgehead atoms. The Morgan fingerprint density at radius 1 is 1.32 bits per heavy atom. The standard InChI is InChI=1S/C15H24N2O2/c1-7-11(6)17-12(10(4)5)13(18)16-15(8-2,9-3)14(17)19/h1,10-12H,8-9H2,2-6H3,(H,16,18). The van der Waals surface area contributed by atoms with Crippen molar-refractivity contribution >= 4 is 11.8 Å². The minimum atomic E-state index is -0.798. The Morgan fingerprint density at radius 3 is 2.21 bits per heavy atom. The van der Waals surface area contributed by atoms with E-state index in [-0.39, 0.29) is 23.8 Å². The SMILES string of the molecule is C#CC(C)N1C(=O)C(CC)(CC)NC(=O)C1C(C)C. The molecule has 1 heterocycles. The predicted molar refractivity (Wildman–Crippen MR) is 75.2 cm³/mol. The first-order valence-corrected chi connectivity index (χ1v) is 6.95. The van der Waals surface area contributed by atoms with Gasteiger partial charge in [-0.15, -0.1) is 6.42 Å². The van der Waals surface area contributed by atoms with Crippen LogP contribution < -0.4 is 5.32 Å². The molecule has 4 heteroatoms. The first-order chi connectivity index (χ1) is 8.84. The summed E-state index contributed by atoms with van der Waals surface area (Å²) in [6.07, 6.45) is 6.62. The molecule has 0 radical (unpaired) electrons. The van der Waals surface area contributed by atoms with Gasteiger partial charge in [-0.25, -0.2) is 0 Å². The van der Waals surface area contributed by atoms with Crippen molar-refractivity contribution in [1.82, 2.24) is 10.2 Å². The number of hydrogen-bond acceptors (Lipinski definition) is 2. The third-order valence-electron chi connectivity index (χ3n) is 4.07. The molecule has 0 saturated carbocycles. The zero-order chi connectivity index (χ0) is 14.8. The Kier molecular flexibility index (Phi) is 4.62. The first-order valence-electron chi connectivity index (χ1n) is 6.95. The molecule has 0 aromatic carbocycles. The maximum absolute atomic E-state index is 12.8. The van der Waals surface area contributed by atoms with Crippen LogP contribution >= 0.6 is 0 Å². The summed E-state index contributed by atoms with van der Waals surface area (Å²) in [6, 6.07) is -0.854. The van der Waals surface area contributed by atoms with Gasteiger partial charge in [-0.3, -0.25) is 9.59 Å². The van der Waals surface area contributed by atoms with Crippen LogP contribution in [0, 0.1) is 18.3 Å². The van der Waals surface area contributed by atoms with Crippen LogP contribution in [0.1, 0.15) is 47.5 Å². The van der Waals surface area contributed by atoms with E-state index in [0.717, 1.165) is 0 Å². The highest BCUT2D eigenvalue weighted by molar-refractivity contribution is 6.00. The fraction of sp³-hybridized carbons (Fsp3) is 0.733. The van der Waals surface area contributed by atoms with Crippen LogP contribution in [0.4, 0.5) is 0 Å². The number of carbonyl (C=O) groups excluding carboxylic acids is 2. The van der Waals surface area contributed by atoms with Gasteiger partial charge in [0.1, 0.15) is 11.6 Å². The lowest BCUT2D eigenvalue weighted by atomic mass is 9.84. The van der Waals surface area contributed by atoms with E-state index in [4.69, 9.17) is 6.42 Å². The predicted octanol–water partition coefficient (Wildman–Crippen LogP) is 1.55. The number of rotatable bonds is 4. The van der Waals surface area contributed by atoms with Crippen molar-refractivity contribution in [3.8, 4) is 12.3 Å². The highest BCUT2D eigenvalue weighted by atomic mass is 16.2. The van der Waals surface area contributed by atoms with Gasteiger partial charge in [-0.05, 0) is 25.7 Å². The van der Waals surface area contributed by atoms with Crippen LogP contribution in [0.3, 0.4) is 0 Å². The molecular weight excluding hydrogens is 240 g/mol. The Labute approximate surface area is 115 Å². The maximum atomic E-state index is 12.8. The number of hydrogen-bond donors (Lipinski definition) is 1. The number of carbonyl (C=O) groups is 2. The van der Waals surface area contributed by atoms with Gasteiger partial charge in [0.2, 0.25) is 11.8 Å². The summed E-state index contributed by atoms with van der Waals surface area (Å²) < 4.78 is 0. The quantitative estimate of drug-likeness (QED) is 0.783. The molecule has 1 saturated heterocycles. The smallest absolute Gasteiger partial charge is 0.249 e. The average Bonchev–Trinajstić information content (AvgIpc) is 2.39. The number of amides is 2. The minimum Gasteiger partial charge on any atom is -0.340 e. The van der Waals surface area contributed by atoms with E-state index in [0.29, 0.717) is 12.8 Å². The second kappa shape index (κ2) is 5.64. The van der Waals surface area contributed by atoms with Gasteiger partial charge in [-0.2, -0.15) is 0 Å². The molecule has 1 aliphatic rings. The zero-order valence-electron chi connectivity index (χ0n) is 12.5. The largest absolute Gasteiger partial charge is 0.340 e. The molecule has 1 aliphatic heterocycles. The lowest BCUT2D eigenvalue weighted by molar-refractivity contribution is -0.158. The third-order valence-corrected chi connectivity index (χ3v) is 4.07. The van der Waals surface area contributed by atoms with Crippen LogP contribution in [-0.4, -0.2) is 34.3 Å². The fourth-order valence-corrected chi connectivity index (χ4v) is 2.71. The highest BCUT2D eigenvalue weighted by Gasteiger charge is 2.50. The highest BCUT2D eigenvalue weighted by Crippen LogP contribution is 2.29. The van der Waals surface area contributed by atoms with Crippen molar-refractivity contribution in [1.29, 1.82) is 0 Å². The Hall–Kier alpha value is -1.50. The molecule has 1 N–H and O–H groups in total. The number of terminal acetylenes is 1. The van der Waals surface area contributed by atoms with E-state index < -0.39 is 11.6 Å². The minimum absolute atomic E-state index is 0.0338. The van der Waals surface area contributed by atoms with Gasteiger partial charge >= 0.3 is 0 Å². The maximum Gasteiger partial charge on any atom is 0.249 e. The zero-order valence-corrected chi connectivity index (χ0v) is 12.5. The van der Waals surface area contributed by atoms with E-state index in [1.54, 1.807) is 11.8 Å². The van der Waals surface area contributed by atoms with Crippen molar-refractivity contribution in [3.05, 3.63) is 0 Å². The molecule has 2 amide bonds. The molecule has 2 atom stereocenters. The monoisotopic (exact) mass is 264 g/mol. The van der Waals surface area contributed by atoms with E-state index in [1.165, 1.54) is 0 Å². The number of nitrogens with zero attached hydrogens (tertiary/aromatic N) is 1. The fourth-order valence-electron chi connectivity index (χ4n) is 2.71. The summed E-state index contributed by atoms with van der Waals surface area (Å²) in [5, 5.41) is 2.92. The molecule has 0 aromatic rings. The van der Waals surface area contributed by atoms with Gasteiger partial charge in [0, 0.05) is 0 Å². The van der Waals surface area contributed by atoms with E-state index >= 15 is 0 Å². The van der Waals surface area contributed by atoms with Crippen molar-refractivity contribution < 1.29 is 9.59 Å². The van der Waals surface area contributed by atoms with E-state index in [9.17, 15) is 9.59 Å². The van der Waals surface area contributed by atoms with Crippen LogP contribution in [0.5, 0.6) is 0 Å². The van der Waals surface area contributed by atoms with Gasteiger partial charge in [0.25, 0.3) is 0 Å². The molecule has 0 spiro atoms. The lowest BCUT2D eigenvalue weighted by Crippen LogP contribution is -2.72. The second-order valence-corrected chi connectivity index (χ2v) is 5.52. The molecule has 106 valence electrons. The van der Waals surface area contributed by atoms with Crippen LogP contribution in [-0.2, 0) is 9.59 Å². The van der Waals surface area contributed by atoms with Crippen molar-refractivity contribution in [2.75, 3.05) is 0 Å². The normalized spacial score (nSPS) is 24.1. The van der Waals surface area contributed by atoms with Crippen LogP contribution in [0.25, 0.3) is 0 Å². The summed E-state index contributed by atoms with van der Waals surface area (Å²) in [4.78, 5) is 26.8. The summed E-state index contributed by atoms with van der Waals surface area (Å²) in [7, 11) is 0. The first kappa shape index (κ1) is 15.6. The summed E-state index contributed by atoms with van der Waals surface area (Å²) >= 11 is 0. The molecule has 4 nitrogen and oxygen atoms in total. The van der Waals surface area contributed by atoms with Gasteiger partial charge in [0.05, 0.1) is 6.04 Å². The molecule has 0 aliphatic carbocycles. The van der Waals surface area contributed by atoms with Gasteiger partial charge in [0.15, 0.2) is 0 Å². The summed E-state index contributed by atoms with van der Waals surface area (Å²) in [6.45, 7) is 9.48. The van der Waals surface area contributed by atoms with E-state index in [2.05, 4.69) is 11.2 Å². The molecule has 19 heavy (non-hydrogen) atoms. The topological polar surface area (TPSA) is 49.4 Å². The van der Waals surface area contributed by atoms with E-state index in [1.807, 2.05) is 27.7 Å². The van der Waals surface area contributed by atoms with Gasteiger partial charge in [-0.1, -0.05) is 33.6 Å². The third kappa shape index (κ3) is 2.47. The lowest BCUT2D eigenvalue weighted by Gasteiger charge is -2.48. The summed E-state index contributed by atoms with van der Waals surface area (Å²) in [5.41, 5.74) is -0.798. The molecule has 1 rings (SSSR count).